The molecular formula is C19H22N4O3S. The number of sulfonamides is 1. The fourth-order valence-electron chi connectivity index (χ4n) is 2.78. The van der Waals surface area contributed by atoms with Gasteiger partial charge in [-0.05, 0) is 42.8 Å². The predicted molar refractivity (Wildman–Crippen MR) is 105 cm³/mol. The summed E-state index contributed by atoms with van der Waals surface area (Å²) in [7, 11) is -0.592. The number of aryl methyl sites for hydroxylation is 1. The summed E-state index contributed by atoms with van der Waals surface area (Å²) in [4.78, 5) is 17.3. The molecule has 0 fully saturated rings. The van der Waals surface area contributed by atoms with Gasteiger partial charge in [0, 0.05) is 26.2 Å². The summed E-state index contributed by atoms with van der Waals surface area (Å²) >= 11 is 0. The molecule has 2 aromatic carbocycles. The molecule has 8 heteroatoms. The number of rotatable bonds is 6. The molecule has 0 aliphatic carbocycles. The van der Waals surface area contributed by atoms with E-state index in [4.69, 9.17) is 0 Å². The smallest absolute Gasteiger partial charge is 0.257 e. The van der Waals surface area contributed by atoms with Gasteiger partial charge in [0.2, 0.25) is 16.0 Å². The third kappa shape index (κ3) is 3.72. The molecule has 3 rings (SSSR count). The first-order valence-corrected chi connectivity index (χ1v) is 10.1. The zero-order valence-electron chi connectivity index (χ0n) is 15.5. The van der Waals surface area contributed by atoms with Gasteiger partial charge in [-0.25, -0.2) is 17.7 Å². The highest BCUT2D eigenvalue weighted by atomic mass is 32.2. The van der Waals surface area contributed by atoms with Crippen LogP contribution >= 0.6 is 0 Å². The highest BCUT2D eigenvalue weighted by Gasteiger charge is 2.18. The topological polar surface area (TPSA) is 84.3 Å². The normalized spacial score (nSPS) is 11.9. The van der Waals surface area contributed by atoms with Crippen LogP contribution in [0.25, 0.3) is 11.0 Å². The van der Waals surface area contributed by atoms with Crippen molar-refractivity contribution in [3.8, 4) is 0 Å². The minimum atomic E-state index is -3.52. The molecule has 0 unspecified atom stereocenters. The van der Waals surface area contributed by atoms with Crippen LogP contribution in [0.15, 0.2) is 53.4 Å². The van der Waals surface area contributed by atoms with Crippen LogP contribution in [0.5, 0.6) is 0 Å². The van der Waals surface area contributed by atoms with Crippen LogP contribution in [-0.2, 0) is 16.6 Å². The van der Waals surface area contributed by atoms with Crippen molar-refractivity contribution in [1.82, 2.24) is 13.9 Å². The molecule has 1 N–H and O–H groups in total. The molecule has 7 nitrogen and oxygen atoms in total. The van der Waals surface area contributed by atoms with Crippen molar-refractivity contribution in [2.75, 3.05) is 19.4 Å². The Morgan fingerprint density at radius 2 is 1.78 bits per heavy atom. The van der Waals surface area contributed by atoms with Crippen LogP contribution in [0.2, 0.25) is 0 Å². The highest BCUT2D eigenvalue weighted by Crippen LogP contribution is 2.21. The first kappa shape index (κ1) is 19.1. The molecule has 0 radical (unpaired) electrons. The summed E-state index contributed by atoms with van der Waals surface area (Å²) in [6.45, 7) is 2.79. The zero-order valence-corrected chi connectivity index (χ0v) is 16.3. The van der Waals surface area contributed by atoms with E-state index in [0.29, 0.717) is 11.5 Å². The first-order valence-electron chi connectivity index (χ1n) is 8.64. The number of nitrogens with one attached hydrogen (secondary N) is 1. The number of para-hydroxylation sites is 2. The maximum absolute atomic E-state index is 12.6. The molecule has 0 saturated heterocycles. The number of carbonyl (C=O) groups is 1. The van der Waals surface area contributed by atoms with E-state index >= 15 is 0 Å². The number of nitrogens with zero attached hydrogens (tertiary/aromatic N) is 3. The molecule has 142 valence electrons. The molecule has 0 spiro atoms. The molecule has 0 aliphatic rings. The molecule has 27 heavy (non-hydrogen) atoms. The van der Waals surface area contributed by atoms with E-state index in [1.165, 1.54) is 38.4 Å². The van der Waals surface area contributed by atoms with Gasteiger partial charge in [0.05, 0.1) is 15.9 Å². The largest absolute Gasteiger partial charge is 0.310 e. The lowest BCUT2D eigenvalue weighted by Crippen LogP contribution is -2.22. The van der Waals surface area contributed by atoms with Gasteiger partial charge in [-0.15, -0.1) is 0 Å². The number of aromatic nitrogens is 2. The Kier molecular flexibility index (Phi) is 5.29. The summed E-state index contributed by atoms with van der Waals surface area (Å²) in [5, 5.41) is 2.84. The van der Waals surface area contributed by atoms with Crippen LogP contribution in [0.1, 0.15) is 23.7 Å². The van der Waals surface area contributed by atoms with Crippen LogP contribution in [0.3, 0.4) is 0 Å². The Morgan fingerprint density at radius 1 is 1.11 bits per heavy atom. The molecular weight excluding hydrogens is 364 g/mol. The molecule has 0 atom stereocenters. The predicted octanol–water partition coefficient (Wildman–Crippen LogP) is 2.95. The lowest BCUT2D eigenvalue weighted by Gasteiger charge is -2.12. The van der Waals surface area contributed by atoms with E-state index in [1.54, 1.807) is 0 Å². The second-order valence-corrected chi connectivity index (χ2v) is 8.49. The number of amides is 1. The third-order valence-electron chi connectivity index (χ3n) is 4.22. The van der Waals surface area contributed by atoms with Crippen molar-refractivity contribution >= 4 is 32.9 Å². The Bertz CT molecular complexity index is 1070. The second-order valence-electron chi connectivity index (χ2n) is 6.34. The van der Waals surface area contributed by atoms with E-state index in [9.17, 15) is 13.2 Å². The van der Waals surface area contributed by atoms with Crippen molar-refractivity contribution in [3.05, 3.63) is 54.1 Å². The minimum absolute atomic E-state index is 0.141. The van der Waals surface area contributed by atoms with Gasteiger partial charge >= 0.3 is 0 Å². The molecule has 1 aromatic heterocycles. The van der Waals surface area contributed by atoms with Crippen molar-refractivity contribution < 1.29 is 13.2 Å². The average molecular weight is 386 g/mol. The zero-order chi connectivity index (χ0) is 19.6. The Morgan fingerprint density at radius 3 is 2.41 bits per heavy atom. The lowest BCUT2D eigenvalue weighted by atomic mass is 10.2. The number of imidazole rings is 1. The number of fused-ring (bicyclic) bond motifs is 1. The lowest BCUT2D eigenvalue weighted by molar-refractivity contribution is 0.102. The summed E-state index contributed by atoms with van der Waals surface area (Å²) in [5.74, 6) is 0.143. The van der Waals surface area contributed by atoms with Crippen LogP contribution in [0.4, 0.5) is 5.95 Å². The van der Waals surface area contributed by atoms with E-state index in [0.717, 1.165) is 28.3 Å². The number of benzene rings is 2. The first-order chi connectivity index (χ1) is 12.8. The molecule has 1 heterocycles. The maximum Gasteiger partial charge on any atom is 0.257 e. The van der Waals surface area contributed by atoms with Crippen LogP contribution in [0, 0.1) is 0 Å². The summed E-state index contributed by atoms with van der Waals surface area (Å²) in [6, 6.07) is 13.6. The van der Waals surface area contributed by atoms with Gasteiger partial charge in [0.1, 0.15) is 0 Å². The van der Waals surface area contributed by atoms with Crippen molar-refractivity contribution in [2.45, 2.75) is 24.8 Å². The number of carbonyl (C=O) groups excluding carboxylic acids is 1. The third-order valence-corrected chi connectivity index (χ3v) is 6.05. The average Bonchev–Trinajstić information content (AvgIpc) is 2.99. The number of anilines is 1. The van der Waals surface area contributed by atoms with Gasteiger partial charge in [0.25, 0.3) is 5.91 Å². The highest BCUT2D eigenvalue weighted by molar-refractivity contribution is 7.89. The molecule has 0 aliphatic heterocycles. The van der Waals surface area contributed by atoms with Gasteiger partial charge in [-0.1, -0.05) is 19.1 Å². The Labute approximate surface area is 158 Å². The van der Waals surface area contributed by atoms with Crippen molar-refractivity contribution in [2.24, 2.45) is 0 Å². The minimum Gasteiger partial charge on any atom is -0.310 e. The summed E-state index contributed by atoms with van der Waals surface area (Å²) in [5.41, 5.74) is 2.14. The monoisotopic (exact) mass is 386 g/mol. The Hall–Kier alpha value is -2.71. The van der Waals surface area contributed by atoms with Crippen LogP contribution < -0.4 is 5.32 Å². The van der Waals surface area contributed by atoms with Gasteiger partial charge < -0.3 is 4.57 Å². The SMILES string of the molecule is CCCn1c(NC(=O)c2ccc(S(=O)(=O)N(C)C)cc2)nc2ccccc21. The van der Waals surface area contributed by atoms with Gasteiger partial charge in [-0.3, -0.25) is 10.1 Å². The van der Waals surface area contributed by atoms with Gasteiger partial charge in [-0.2, -0.15) is 0 Å². The molecule has 0 bridgehead atoms. The van der Waals surface area contributed by atoms with E-state index < -0.39 is 10.0 Å². The number of hydrogen-bond donors (Lipinski definition) is 1. The van der Waals surface area contributed by atoms with E-state index in [1.807, 2.05) is 28.8 Å². The van der Waals surface area contributed by atoms with Gasteiger partial charge in [0.15, 0.2) is 0 Å². The number of hydrogen-bond acceptors (Lipinski definition) is 4. The summed E-state index contributed by atoms with van der Waals surface area (Å²) < 4.78 is 27.4. The fourth-order valence-corrected chi connectivity index (χ4v) is 3.69. The quantitative estimate of drug-likeness (QED) is 0.706. The molecule has 3 aromatic rings. The molecule has 0 saturated carbocycles. The Balaban J connectivity index is 1.88. The standard InChI is InChI=1S/C19H22N4O3S/c1-4-13-23-17-8-6-5-7-16(17)20-19(23)21-18(24)14-9-11-15(12-10-14)27(25,26)22(2)3/h5-12H,4,13H2,1-3H3,(H,20,21,24). The van der Waals surface area contributed by atoms with Crippen molar-refractivity contribution in [3.63, 3.8) is 0 Å². The fraction of sp³-hybridized carbons (Fsp3) is 0.263. The summed E-state index contributed by atoms with van der Waals surface area (Å²) in [6.07, 6.45) is 0.903. The van der Waals surface area contributed by atoms with E-state index in [2.05, 4.69) is 17.2 Å². The second kappa shape index (κ2) is 7.50. The van der Waals surface area contributed by atoms with E-state index in [-0.39, 0.29) is 10.8 Å². The molecule has 1 amide bonds. The maximum atomic E-state index is 12.6. The van der Waals surface area contributed by atoms with Crippen molar-refractivity contribution in [1.29, 1.82) is 0 Å². The van der Waals surface area contributed by atoms with Crippen LogP contribution in [-0.4, -0.2) is 42.3 Å².